The average molecular weight is 358 g/mol. The Morgan fingerprint density at radius 1 is 1.32 bits per heavy atom. The third-order valence-corrected chi connectivity index (χ3v) is 5.30. The molecule has 1 atom stereocenters. The van der Waals surface area contributed by atoms with Crippen molar-refractivity contribution in [1.29, 1.82) is 0 Å². The Morgan fingerprint density at radius 2 is 2.16 bits per heavy atom. The number of amides is 2. The van der Waals surface area contributed by atoms with E-state index in [0.29, 0.717) is 19.7 Å². The lowest BCUT2D eigenvalue weighted by molar-refractivity contribution is -0.122. The molecule has 0 saturated carbocycles. The van der Waals surface area contributed by atoms with Gasteiger partial charge in [-0.3, -0.25) is 9.59 Å². The third-order valence-electron chi connectivity index (χ3n) is 4.32. The fourth-order valence-electron chi connectivity index (χ4n) is 3.07. The molecular formula is C19H22N2O3S. The number of ether oxygens (including phenoxy) is 1. The third kappa shape index (κ3) is 4.08. The molecule has 2 aromatic rings. The van der Waals surface area contributed by atoms with E-state index in [4.69, 9.17) is 4.74 Å². The molecule has 0 bridgehead atoms. The first-order valence-electron chi connectivity index (χ1n) is 8.38. The van der Waals surface area contributed by atoms with Gasteiger partial charge in [-0.1, -0.05) is 24.3 Å². The van der Waals surface area contributed by atoms with Gasteiger partial charge in [0.05, 0.1) is 12.5 Å². The van der Waals surface area contributed by atoms with Crippen molar-refractivity contribution in [3.05, 3.63) is 57.8 Å². The topological polar surface area (TPSA) is 58.6 Å². The Labute approximate surface area is 151 Å². The first-order valence-corrected chi connectivity index (χ1v) is 9.26. The lowest BCUT2D eigenvalue weighted by Gasteiger charge is -2.26. The van der Waals surface area contributed by atoms with Crippen molar-refractivity contribution in [2.45, 2.75) is 25.4 Å². The number of thiophene rings is 1. The fraction of sp³-hybridized carbons (Fsp3) is 0.368. The summed E-state index contributed by atoms with van der Waals surface area (Å²) in [4.78, 5) is 28.0. The van der Waals surface area contributed by atoms with E-state index >= 15 is 0 Å². The Morgan fingerprint density at radius 3 is 2.88 bits per heavy atom. The molecule has 1 N–H and O–H groups in total. The largest absolute Gasteiger partial charge is 0.385 e. The molecule has 0 saturated heterocycles. The zero-order chi connectivity index (χ0) is 17.6. The number of benzene rings is 1. The molecule has 1 aliphatic heterocycles. The highest BCUT2D eigenvalue weighted by Crippen LogP contribution is 2.35. The highest BCUT2D eigenvalue weighted by Gasteiger charge is 2.34. The van der Waals surface area contributed by atoms with Crippen LogP contribution in [0.25, 0.3) is 0 Å². The number of rotatable bonds is 8. The summed E-state index contributed by atoms with van der Waals surface area (Å²) in [7, 11) is 1.64. The second kappa shape index (κ2) is 8.27. The van der Waals surface area contributed by atoms with Crippen molar-refractivity contribution in [2.75, 3.05) is 20.3 Å². The first kappa shape index (κ1) is 17.6. The molecule has 0 radical (unpaired) electrons. The maximum atomic E-state index is 12.8. The molecule has 1 aromatic carbocycles. The highest BCUT2D eigenvalue weighted by atomic mass is 32.1. The van der Waals surface area contributed by atoms with Crippen molar-refractivity contribution in [3.63, 3.8) is 0 Å². The zero-order valence-corrected chi connectivity index (χ0v) is 15.1. The van der Waals surface area contributed by atoms with Crippen molar-refractivity contribution >= 4 is 23.2 Å². The van der Waals surface area contributed by atoms with Crippen LogP contribution in [0.3, 0.4) is 0 Å². The van der Waals surface area contributed by atoms with Crippen molar-refractivity contribution in [3.8, 4) is 0 Å². The summed E-state index contributed by atoms with van der Waals surface area (Å²) in [5, 5.41) is 4.90. The molecule has 0 fully saturated rings. The van der Waals surface area contributed by atoms with Gasteiger partial charge in [-0.25, -0.2) is 0 Å². The number of nitrogens with zero attached hydrogens (tertiary/aromatic N) is 1. The van der Waals surface area contributed by atoms with E-state index in [-0.39, 0.29) is 24.3 Å². The number of nitrogens with one attached hydrogen (secondary N) is 1. The summed E-state index contributed by atoms with van der Waals surface area (Å²) in [5.74, 6) is -0.0422. The minimum atomic E-state index is -0.234. The van der Waals surface area contributed by atoms with Crippen molar-refractivity contribution in [2.24, 2.45) is 0 Å². The van der Waals surface area contributed by atoms with Crippen molar-refractivity contribution in [1.82, 2.24) is 10.2 Å². The van der Waals surface area contributed by atoms with Crippen LogP contribution in [0.2, 0.25) is 0 Å². The molecule has 6 heteroatoms. The van der Waals surface area contributed by atoms with E-state index in [1.807, 2.05) is 46.7 Å². The van der Waals surface area contributed by atoms with Gasteiger partial charge in [-0.05, 0) is 29.5 Å². The van der Waals surface area contributed by atoms with E-state index in [0.717, 1.165) is 22.4 Å². The Balaban J connectivity index is 1.72. The predicted octanol–water partition coefficient (Wildman–Crippen LogP) is 2.99. The van der Waals surface area contributed by atoms with Crippen LogP contribution in [0.15, 0.2) is 41.8 Å². The molecule has 1 aromatic heterocycles. The smallest absolute Gasteiger partial charge is 0.255 e. The van der Waals surface area contributed by atoms with Gasteiger partial charge in [0.1, 0.15) is 0 Å². The molecular weight excluding hydrogens is 336 g/mol. The van der Waals surface area contributed by atoms with Crippen LogP contribution in [0, 0.1) is 0 Å². The average Bonchev–Trinajstić information content (AvgIpc) is 3.26. The van der Waals surface area contributed by atoms with E-state index < -0.39 is 0 Å². The van der Waals surface area contributed by atoms with Crippen LogP contribution in [0.1, 0.15) is 39.7 Å². The zero-order valence-electron chi connectivity index (χ0n) is 14.2. The van der Waals surface area contributed by atoms with Gasteiger partial charge in [0, 0.05) is 37.2 Å². The molecule has 2 heterocycles. The minimum absolute atomic E-state index is 0.00110. The maximum absolute atomic E-state index is 12.8. The highest BCUT2D eigenvalue weighted by molar-refractivity contribution is 7.10. The number of hydrogen-bond acceptors (Lipinski definition) is 4. The fourth-order valence-corrected chi connectivity index (χ4v) is 3.90. The van der Waals surface area contributed by atoms with Gasteiger partial charge in [-0.15, -0.1) is 11.3 Å². The number of methoxy groups -OCH3 is 1. The molecule has 3 rings (SSSR count). The predicted molar refractivity (Wildman–Crippen MR) is 97.5 cm³/mol. The van der Waals surface area contributed by atoms with E-state index in [2.05, 4.69) is 5.32 Å². The molecule has 1 aliphatic rings. The number of carbonyl (C=O) groups excluding carboxylic acids is 2. The van der Waals surface area contributed by atoms with Gasteiger partial charge in [0.2, 0.25) is 5.91 Å². The van der Waals surface area contributed by atoms with Crippen LogP contribution >= 0.6 is 11.3 Å². The first-order chi connectivity index (χ1) is 12.2. The van der Waals surface area contributed by atoms with Gasteiger partial charge >= 0.3 is 0 Å². The van der Waals surface area contributed by atoms with Crippen LogP contribution in [-0.2, 0) is 16.1 Å². The normalized spacial score (nSPS) is 14.4. The number of carbonyl (C=O) groups is 2. The summed E-state index contributed by atoms with van der Waals surface area (Å²) < 4.78 is 4.99. The Hall–Kier alpha value is -2.18. The molecule has 0 unspecified atom stereocenters. The summed E-state index contributed by atoms with van der Waals surface area (Å²) in [6, 6.07) is 11.4. The van der Waals surface area contributed by atoms with Crippen LogP contribution in [0.4, 0.5) is 0 Å². The number of hydrogen-bond donors (Lipinski definition) is 1. The van der Waals surface area contributed by atoms with Gasteiger partial charge in [0.15, 0.2) is 0 Å². The Bertz CT molecular complexity index is 730. The SMILES string of the molecule is COCCCNC(=O)C[C@@H](c1cccs1)N1Cc2ccccc2C1=O. The molecule has 0 aliphatic carbocycles. The Kier molecular flexibility index (Phi) is 5.83. The maximum Gasteiger partial charge on any atom is 0.255 e. The van der Waals surface area contributed by atoms with E-state index in [1.165, 1.54) is 0 Å². The standard InChI is InChI=1S/C19H22N2O3S/c1-24-10-5-9-20-18(22)12-16(17-8-4-11-25-17)21-13-14-6-2-3-7-15(14)19(21)23/h2-4,6-8,11,16H,5,9-10,12-13H2,1H3,(H,20,22)/t16-/m0/s1. The van der Waals surface area contributed by atoms with Gasteiger partial charge < -0.3 is 15.0 Å². The molecule has 5 nitrogen and oxygen atoms in total. The van der Waals surface area contributed by atoms with E-state index in [9.17, 15) is 9.59 Å². The molecule has 25 heavy (non-hydrogen) atoms. The lowest BCUT2D eigenvalue weighted by Crippen LogP contribution is -2.34. The summed E-state index contributed by atoms with van der Waals surface area (Å²) >= 11 is 1.58. The van der Waals surface area contributed by atoms with Crippen LogP contribution < -0.4 is 5.32 Å². The monoisotopic (exact) mass is 358 g/mol. The van der Waals surface area contributed by atoms with Crippen molar-refractivity contribution < 1.29 is 14.3 Å². The molecule has 132 valence electrons. The van der Waals surface area contributed by atoms with Crippen LogP contribution in [-0.4, -0.2) is 37.0 Å². The minimum Gasteiger partial charge on any atom is -0.385 e. The molecule has 2 amide bonds. The lowest BCUT2D eigenvalue weighted by atomic mass is 10.1. The van der Waals surface area contributed by atoms with Gasteiger partial charge in [-0.2, -0.15) is 0 Å². The summed E-state index contributed by atoms with van der Waals surface area (Å²) in [6.45, 7) is 1.75. The van der Waals surface area contributed by atoms with E-state index in [1.54, 1.807) is 18.4 Å². The van der Waals surface area contributed by atoms with Crippen LogP contribution in [0.5, 0.6) is 0 Å². The summed E-state index contributed by atoms with van der Waals surface area (Å²) in [5.41, 5.74) is 1.76. The quantitative estimate of drug-likeness (QED) is 0.738. The molecule has 0 spiro atoms. The second-order valence-corrected chi connectivity index (χ2v) is 7.00. The van der Waals surface area contributed by atoms with Gasteiger partial charge in [0.25, 0.3) is 5.91 Å². The second-order valence-electron chi connectivity index (χ2n) is 6.02. The summed E-state index contributed by atoms with van der Waals surface area (Å²) in [6.07, 6.45) is 1.05. The number of fused-ring (bicyclic) bond motifs is 1.